The zero-order valence-corrected chi connectivity index (χ0v) is 16.6. The largest absolute Gasteiger partial charge is 0.351 e. The summed E-state index contributed by atoms with van der Waals surface area (Å²) in [5, 5.41) is 9.58. The second-order valence-electron chi connectivity index (χ2n) is 7.29. The number of urea groups is 1. The molecule has 0 bridgehead atoms. The number of halogens is 1. The zero-order chi connectivity index (χ0) is 21.3. The minimum Gasteiger partial charge on any atom is -0.351 e. The van der Waals surface area contributed by atoms with Crippen LogP contribution in [-0.4, -0.2) is 34.3 Å². The molecule has 0 spiro atoms. The third-order valence-corrected chi connectivity index (χ3v) is 5.31. The molecule has 0 saturated carbocycles. The van der Waals surface area contributed by atoms with E-state index in [1.165, 1.54) is 29.2 Å². The molecule has 5 N–H and O–H groups in total. The minimum atomic E-state index is -0.602. The molecule has 0 fully saturated rings. The minimum absolute atomic E-state index is 0.0505. The summed E-state index contributed by atoms with van der Waals surface area (Å²) >= 11 is 0. The highest BCUT2D eigenvalue weighted by molar-refractivity contribution is 6.07. The van der Waals surface area contributed by atoms with Crippen LogP contribution in [0, 0.1) is 5.82 Å². The number of amides is 2. The number of hydrogen-bond donors (Lipinski definition) is 3. The van der Waals surface area contributed by atoms with Crippen LogP contribution in [0.1, 0.15) is 24.2 Å². The smallest absolute Gasteiger partial charge is 0.319 e. The molecule has 8 heteroatoms. The van der Waals surface area contributed by atoms with Gasteiger partial charge < -0.3 is 11.5 Å². The Morgan fingerprint density at radius 1 is 1.20 bits per heavy atom. The van der Waals surface area contributed by atoms with Gasteiger partial charge in [-0.25, -0.2) is 9.18 Å². The number of H-pyrrole nitrogens is 1. The Kier molecular flexibility index (Phi) is 5.33. The zero-order valence-electron chi connectivity index (χ0n) is 16.6. The monoisotopic (exact) mass is 406 g/mol. The highest BCUT2D eigenvalue weighted by atomic mass is 19.1. The van der Waals surface area contributed by atoms with Crippen LogP contribution in [0.5, 0.6) is 0 Å². The summed E-state index contributed by atoms with van der Waals surface area (Å²) < 4.78 is 13.3. The Balaban J connectivity index is 1.75. The van der Waals surface area contributed by atoms with Gasteiger partial charge in [0, 0.05) is 47.6 Å². The van der Waals surface area contributed by atoms with E-state index in [1.807, 2.05) is 31.2 Å². The molecule has 2 heterocycles. The molecule has 2 aromatic carbocycles. The number of hydrogen-bond acceptors (Lipinski definition) is 4. The lowest BCUT2D eigenvalue weighted by Gasteiger charge is -2.20. The third kappa shape index (κ3) is 3.57. The van der Waals surface area contributed by atoms with E-state index in [1.54, 1.807) is 0 Å². The first-order chi connectivity index (χ1) is 14.5. The van der Waals surface area contributed by atoms with E-state index >= 15 is 0 Å². The number of carbonyl (C=O) groups is 1. The number of para-hydroxylation sites is 1. The van der Waals surface area contributed by atoms with Crippen LogP contribution in [0.15, 0.2) is 48.5 Å². The van der Waals surface area contributed by atoms with Gasteiger partial charge in [-0.2, -0.15) is 5.10 Å². The molecule has 154 valence electrons. The van der Waals surface area contributed by atoms with E-state index in [2.05, 4.69) is 10.2 Å². The predicted octanol–water partition coefficient (Wildman–Crippen LogP) is 3.44. The van der Waals surface area contributed by atoms with Crippen molar-refractivity contribution in [1.29, 1.82) is 0 Å². The van der Waals surface area contributed by atoms with Gasteiger partial charge in [-0.15, -0.1) is 0 Å². The number of carbonyl (C=O) groups excluding carboxylic acids is 1. The SMILES string of the molecule is CC(CN)c1nc2ccccc2c2c(CCN(C(N)=O)c3ccc(F)cc3)[nH]nc12. The molecule has 4 rings (SSSR count). The number of aromatic nitrogens is 3. The maximum absolute atomic E-state index is 13.3. The van der Waals surface area contributed by atoms with Gasteiger partial charge in [-0.3, -0.25) is 15.0 Å². The average Bonchev–Trinajstić information content (AvgIpc) is 3.18. The highest BCUT2D eigenvalue weighted by Gasteiger charge is 2.20. The third-order valence-electron chi connectivity index (χ3n) is 5.31. The molecular formula is C22H23FN6O. The number of nitrogens with two attached hydrogens (primary N) is 2. The molecule has 2 amide bonds. The molecule has 7 nitrogen and oxygen atoms in total. The van der Waals surface area contributed by atoms with E-state index in [9.17, 15) is 9.18 Å². The van der Waals surface area contributed by atoms with Crippen LogP contribution in [-0.2, 0) is 6.42 Å². The summed E-state index contributed by atoms with van der Waals surface area (Å²) in [5.74, 6) is -0.321. The van der Waals surface area contributed by atoms with Crippen LogP contribution in [0.3, 0.4) is 0 Å². The Hall–Kier alpha value is -3.52. The molecule has 0 radical (unpaired) electrons. The number of rotatable bonds is 6. The number of pyridine rings is 1. The Morgan fingerprint density at radius 3 is 2.63 bits per heavy atom. The second kappa shape index (κ2) is 8.08. The van der Waals surface area contributed by atoms with Gasteiger partial charge in [0.15, 0.2) is 0 Å². The summed E-state index contributed by atoms with van der Waals surface area (Å²) in [7, 11) is 0. The van der Waals surface area contributed by atoms with Gasteiger partial charge in [-0.1, -0.05) is 25.1 Å². The van der Waals surface area contributed by atoms with Crippen LogP contribution in [0.4, 0.5) is 14.9 Å². The van der Waals surface area contributed by atoms with E-state index < -0.39 is 6.03 Å². The predicted molar refractivity (Wildman–Crippen MR) is 116 cm³/mol. The van der Waals surface area contributed by atoms with Gasteiger partial charge in [0.25, 0.3) is 0 Å². The molecular weight excluding hydrogens is 383 g/mol. The quantitative estimate of drug-likeness (QED) is 0.455. The van der Waals surface area contributed by atoms with Gasteiger partial charge in [0.2, 0.25) is 0 Å². The van der Waals surface area contributed by atoms with Crippen molar-refractivity contribution in [2.24, 2.45) is 11.5 Å². The Bertz CT molecular complexity index is 1200. The number of primary amides is 1. The van der Waals surface area contributed by atoms with Crippen molar-refractivity contribution in [1.82, 2.24) is 15.2 Å². The lowest BCUT2D eigenvalue weighted by Crippen LogP contribution is -2.37. The fraction of sp³-hybridized carbons (Fsp3) is 0.227. The van der Waals surface area contributed by atoms with Gasteiger partial charge in [-0.05, 0) is 30.3 Å². The maximum Gasteiger partial charge on any atom is 0.319 e. The number of anilines is 1. The molecule has 4 aromatic rings. The van der Waals surface area contributed by atoms with Gasteiger partial charge in [0.1, 0.15) is 11.3 Å². The van der Waals surface area contributed by atoms with Crippen LogP contribution < -0.4 is 16.4 Å². The van der Waals surface area contributed by atoms with E-state index in [0.29, 0.717) is 25.2 Å². The van der Waals surface area contributed by atoms with Gasteiger partial charge >= 0.3 is 6.03 Å². The lowest BCUT2D eigenvalue weighted by atomic mass is 10.0. The number of benzene rings is 2. The molecule has 0 aliphatic rings. The lowest BCUT2D eigenvalue weighted by molar-refractivity contribution is 0.254. The number of fused-ring (bicyclic) bond motifs is 3. The van der Waals surface area contributed by atoms with Crippen molar-refractivity contribution in [3.63, 3.8) is 0 Å². The number of nitrogens with zero attached hydrogens (tertiary/aromatic N) is 3. The summed E-state index contributed by atoms with van der Waals surface area (Å²) in [5.41, 5.74) is 15.4. The normalized spacial score (nSPS) is 12.4. The number of nitrogens with one attached hydrogen (secondary N) is 1. The van der Waals surface area contributed by atoms with Crippen LogP contribution >= 0.6 is 0 Å². The van der Waals surface area contributed by atoms with Crippen LogP contribution in [0.2, 0.25) is 0 Å². The second-order valence-corrected chi connectivity index (χ2v) is 7.29. The Labute approximate surface area is 172 Å². The molecule has 0 aliphatic heterocycles. The molecule has 30 heavy (non-hydrogen) atoms. The van der Waals surface area contributed by atoms with Gasteiger partial charge in [0.05, 0.1) is 11.2 Å². The van der Waals surface area contributed by atoms with E-state index in [0.717, 1.165) is 33.2 Å². The highest BCUT2D eigenvalue weighted by Crippen LogP contribution is 2.31. The first-order valence-corrected chi connectivity index (χ1v) is 9.77. The maximum atomic E-state index is 13.3. The fourth-order valence-corrected chi connectivity index (χ4v) is 3.67. The summed E-state index contributed by atoms with van der Waals surface area (Å²) in [6.07, 6.45) is 0.487. The average molecular weight is 406 g/mol. The molecule has 1 atom stereocenters. The van der Waals surface area contributed by atoms with Crippen LogP contribution in [0.25, 0.3) is 21.8 Å². The molecule has 2 aromatic heterocycles. The van der Waals surface area contributed by atoms with Crippen molar-refractivity contribution in [3.8, 4) is 0 Å². The molecule has 1 unspecified atom stereocenters. The topological polar surface area (TPSA) is 114 Å². The van der Waals surface area contributed by atoms with E-state index in [4.69, 9.17) is 16.5 Å². The summed E-state index contributed by atoms with van der Waals surface area (Å²) in [6.45, 7) is 2.80. The fourth-order valence-electron chi connectivity index (χ4n) is 3.67. The van der Waals surface area contributed by atoms with Crippen molar-refractivity contribution in [2.45, 2.75) is 19.3 Å². The summed E-state index contributed by atoms with van der Waals surface area (Å²) in [6, 6.07) is 12.9. The van der Waals surface area contributed by atoms with Crippen molar-refractivity contribution in [3.05, 3.63) is 65.7 Å². The van der Waals surface area contributed by atoms with Crippen molar-refractivity contribution >= 4 is 33.5 Å². The first-order valence-electron chi connectivity index (χ1n) is 9.77. The van der Waals surface area contributed by atoms with E-state index in [-0.39, 0.29) is 11.7 Å². The summed E-state index contributed by atoms with van der Waals surface area (Å²) in [4.78, 5) is 18.2. The molecule has 0 saturated heterocycles. The van der Waals surface area contributed by atoms with Crippen molar-refractivity contribution < 1.29 is 9.18 Å². The standard InChI is InChI=1S/C22H23FN6O/c1-13(12-24)20-21-19(16-4-2-3-5-17(16)26-20)18(27-28-21)10-11-29(22(25)30)15-8-6-14(23)7-9-15/h2-9,13H,10-12,24H2,1H3,(H2,25,30)(H,27,28). The van der Waals surface area contributed by atoms with Crippen molar-refractivity contribution in [2.75, 3.05) is 18.0 Å². The first kappa shape index (κ1) is 19.8. The molecule has 0 aliphatic carbocycles. The Morgan fingerprint density at radius 2 is 1.93 bits per heavy atom. The number of aromatic amines is 1.